The van der Waals surface area contributed by atoms with Crippen molar-refractivity contribution in [3.63, 3.8) is 0 Å². The van der Waals surface area contributed by atoms with Gasteiger partial charge in [-0.15, -0.1) is 0 Å². The highest BCUT2D eigenvalue weighted by Gasteiger charge is 2.14. The molecule has 46 heavy (non-hydrogen) atoms. The van der Waals surface area contributed by atoms with E-state index in [1.165, 1.54) is 22.3 Å². The van der Waals surface area contributed by atoms with Crippen LogP contribution in [0, 0.1) is 0 Å². The van der Waals surface area contributed by atoms with Crippen molar-refractivity contribution < 1.29 is 0 Å². The van der Waals surface area contributed by atoms with Gasteiger partial charge >= 0.3 is 0 Å². The molecule has 8 aromatic rings. The average Bonchev–Trinajstić information content (AvgIpc) is 3.15. The van der Waals surface area contributed by atoms with Gasteiger partial charge in [0.1, 0.15) is 0 Å². The molecule has 216 valence electrons. The fourth-order valence-corrected chi connectivity index (χ4v) is 6.17. The predicted molar refractivity (Wildman–Crippen MR) is 192 cm³/mol. The van der Waals surface area contributed by atoms with Crippen molar-refractivity contribution >= 4 is 10.9 Å². The van der Waals surface area contributed by atoms with Gasteiger partial charge in [0.25, 0.3) is 0 Å². The number of aromatic nitrogens is 2. The summed E-state index contributed by atoms with van der Waals surface area (Å²) >= 11 is 0. The van der Waals surface area contributed by atoms with Crippen LogP contribution in [0.15, 0.2) is 182 Å². The van der Waals surface area contributed by atoms with Gasteiger partial charge in [0.15, 0.2) is 5.82 Å². The number of rotatable bonds is 6. The van der Waals surface area contributed by atoms with Gasteiger partial charge in [-0.05, 0) is 98.1 Å². The van der Waals surface area contributed by atoms with E-state index in [9.17, 15) is 0 Å². The van der Waals surface area contributed by atoms with Crippen LogP contribution in [-0.4, -0.2) is 9.97 Å². The predicted octanol–water partition coefficient (Wildman–Crippen LogP) is 11.6. The van der Waals surface area contributed by atoms with Gasteiger partial charge in [0.2, 0.25) is 0 Å². The van der Waals surface area contributed by atoms with Crippen LogP contribution in [0.2, 0.25) is 0 Å². The number of hydrogen-bond donors (Lipinski definition) is 0. The van der Waals surface area contributed by atoms with Crippen molar-refractivity contribution in [2.24, 2.45) is 0 Å². The second kappa shape index (κ2) is 12.1. The fraction of sp³-hybridized carbons (Fsp3) is 0. The van der Waals surface area contributed by atoms with Crippen LogP contribution in [0.4, 0.5) is 0 Å². The normalized spacial score (nSPS) is 11.0. The lowest BCUT2D eigenvalue weighted by Crippen LogP contribution is -1.94. The molecule has 0 aliphatic heterocycles. The summed E-state index contributed by atoms with van der Waals surface area (Å²) < 4.78 is 0. The first-order valence-corrected chi connectivity index (χ1v) is 15.6. The van der Waals surface area contributed by atoms with E-state index in [4.69, 9.17) is 9.97 Å². The van der Waals surface area contributed by atoms with E-state index in [0.717, 1.165) is 49.8 Å². The summed E-state index contributed by atoms with van der Waals surface area (Å²) in [6.07, 6.45) is 1.99. The van der Waals surface area contributed by atoms with Crippen LogP contribution in [0.5, 0.6) is 0 Å². The Morgan fingerprint density at radius 2 is 0.696 bits per heavy atom. The Labute approximate surface area is 269 Å². The maximum Gasteiger partial charge on any atom is 0.159 e. The topological polar surface area (TPSA) is 25.8 Å². The van der Waals surface area contributed by atoms with Gasteiger partial charge in [0, 0.05) is 17.1 Å². The molecule has 1 aromatic heterocycles. The zero-order valence-corrected chi connectivity index (χ0v) is 25.2. The molecule has 2 heteroatoms. The smallest absolute Gasteiger partial charge is 0.159 e. The molecule has 8 rings (SSSR count). The number of benzene rings is 7. The molecule has 1 heterocycles. The maximum absolute atomic E-state index is 5.15. The Bertz CT molecular complexity index is 2160. The molecule has 0 saturated carbocycles. The van der Waals surface area contributed by atoms with Crippen molar-refractivity contribution in [1.82, 2.24) is 9.97 Å². The third-order valence-electron chi connectivity index (χ3n) is 8.49. The van der Waals surface area contributed by atoms with Crippen molar-refractivity contribution in [3.8, 4) is 67.0 Å². The lowest BCUT2D eigenvalue weighted by atomic mass is 9.92. The minimum Gasteiger partial charge on any atom is -0.236 e. The molecule has 0 amide bonds. The summed E-state index contributed by atoms with van der Waals surface area (Å²) in [5.41, 5.74) is 13.5. The van der Waals surface area contributed by atoms with Gasteiger partial charge in [-0.2, -0.15) is 0 Å². The molecular formula is C44H30N2. The summed E-state index contributed by atoms with van der Waals surface area (Å²) in [5.74, 6) is 0.711. The van der Waals surface area contributed by atoms with Crippen LogP contribution >= 0.6 is 0 Å². The van der Waals surface area contributed by atoms with Gasteiger partial charge in [-0.1, -0.05) is 133 Å². The average molecular weight is 587 g/mol. The van der Waals surface area contributed by atoms with E-state index >= 15 is 0 Å². The zero-order valence-electron chi connectivity index (χ0n) is 25.2. The molecule has 0 saturated heterocycles. The van der Waals surface area contributed by atoms with Crippen LogP contribution in [0.1, 0.15) is 0 Å². The standard InChI is InChI=1S/C44H30N2/c1-5-14-31(15-6-1)35-24-36(32-16-7-2-8-17-32)27-39(26-35)41-22-13-23-43-42(41)30-45-44(46-43)40-28-37(33-18-9-3-10-19-33)25-38(29-40)34-20-11-4-12-21-34/h1-30H. The van der Waals surface area contributed by atoms with E-state index in [-0.39, 0.29) is 0 Å². The van der Waals surface area contributed by atoms with Crippen LogP contribution < -0.4 is 0 Å². The van der Waals surface area contributed by atoms with Gasteiger partial charge in [-0.25, -0.2) is 9.97 Å². The minimum absolute atomic E-state index is 0.711. The van der Waals surface area contributed by atoms with Crippen molar-refractivity contribution in [2.75, 3.05) is 0 Å². The van der Waals surface area contributed by atoms with E-state index in [1.54, 1.807) is 0 Å². The Balaban J connectivity index is 1.27. The minimum atomic E-state index is 0.711. The van der Waals surface area contributed by atoms with E-state index in [1.807, 2.05) is 18.3 Å². The van der Waals surface area contributed by atoms with Gasteiger partial charge in [-0.3, -0.25) is 0 Å². The summed E-state index contributed by atoms with van der Waals surface area (Å²) in [6, 6.07) is 62.0. The van der Waals surface area contributed by atoms with Gasteiger partial charge in [0.05, 0.1) is 5.52 Å². The van der Waals surface area contributed by atoms with Crippen LogP contribution in [0.3, 0.4) is 0 Å². The summed E-state index contributed by atoms with van der Waals surface area (Å²) in [7, 11) is 0. The Hall–Kier alpha value is -6.12. The molecule has 7 aromatic carbocycles. The highest BCUT2D eigenvalue weighted by atomic mass is 14.9. The zero-order chi connectivity index (χ0) is 30.7. The van der Waals surface area contributed by atoms with E-state index < -0.39 is 0 Å². The first kappa shape index (κ1) is 27.4. The molecule has 0 spiro atoms. The number of hydrogen-bond acceptors (Lipinski definition) is 2. The maximum atomic E-state index is 5.15. The molecule has 0 atom stereocenters. The van der Waals surface area contributed by atoms with Crippen molar-refractivity contribution in [1.29, 1.82) is 0 Å². The lowest BCUT2D eigenvalue weighted by Gasteiger charge is -2.14. The number of nitrogens with zero attached hydrogens (tertiary/aromatic N) is 2. The van der Waals surface area contributed by atoms with Crippen molar-refractivity contribution in [2.45, 2.75) is 0 Å². The largest absolute Gasteiger partial charge is 0.236 e. The monoisotopic (exact) mass is 586 g/mol. The Kier molecular flexibility index (Phi) is 7.22. The molecule has 2 nitrogen and oxygen atoms in total. The second-order valence-electron chi connectivity index (χ2n) is 11.5. The van der Waals surface area contributed by atoms with Gasteiger partial charge < -0.3 is 0 Å². The third kappa shape index (κ3) is 5.49. The molecule has 0 radical (unpaired) electrons. The van der Waals surface area contributed by atoms with E-state index in [2.05, 4.69) is 164 Å². The quantitative estimate of drug-likeness (QED) is 0.194. The summed E-state index contributed by atoms with van der Waals surface area (Å²) in [6.45, 7) is 0. The van der Waals surface area contributed by atoms with Crippen molar-refractivity contribution in [3.05, 3.63) is 182 Å². The van der Waals surface area contributed by atoms with Crippen LogP contribution in [-0.2, 0) is 0 Å². The molecule has 0 fully saturated rings. The SMILES string of the molecule is c1ccc(-c2cc(-c3ccccc3)cc(-c3ncc4c(-c5cc(-c6ccccc6)cc(-c6ccccc6)c5)cccc4n3)c2)cc1. The highest BCUT2D eigenvalue weighted by Crippen LogP contribution is 2.37. The molecule has 0 bridgehead atoms. The molecule has 0 N–H and O–H groups in total. The summed E-state index contributed by atoms with van der Waals surface area (Å²) in [4.78, 5) is 10.1. The Morgan fingerprint density at radius 3 is 1.13 bits per heavy atom. The fourth-order valence-electron chi connectivity index (χ4n) is 6.17. The summed E-state index contributed by atoms with van der Waals surface area (Å²) in [5, 5.41) is 1.03. The third-order valence-corrected chi connectivity index (χ3v) is 8.49. The highest BCUT2D eigenvalue weighted by molar-refractivity contribution is 5.97. The van der Waals surface area contributed by atoms with Crippen LogP contribution in [0.25, 0.3) is 77.9 Å². The lowest BCUT2D eigenvalue weighted by molar-refractivity contribution is 1.23. The molecular weight excluding hydrogens is 556 g/mol. The molecule has 0 aliphatic rings. The molecule has 0 aliphatic carbocycles. The first-order valence-electron chi connectivity index (χ1n) is 15.6. The van der Waals surface area contributed by atoms with E-state index in [0.29, 0.717) is 5.82 Å². The number of fused-ring (bicyclic) bond motifs is 1. The second-order valence-corrected chi connectivity index (χ2v) is 11.5. The first-order chi connectivity index (χ1) is 22.8. The molecule has 0 unspecified atom stereocenters. The Morgan fingerprint density at radius 1 is 0.304 bits per heavy atom.